The van der Waals surface area contributed by atoms with E-state index in [0.29, 0.717) is 11.3 Å². The number of anilines is 1. The zero-order chi connectivity index (χ0) is 11.5. The normalized spacial score (nSPS) is 12.3. The molecule has 0 aromatic heterocycles. The SMILES string of the molecule is Nc1cc(C(F)(F)F)ccc1C=CCS. The molecular formula is C10H10F3NS. The highest BCUT2D eigenvalue weighted by Crippen LogP contribution is 2.31. The van der Waals surface area contributed by atoms with Crippen molar-refractivity contribution in [1.82, 2.24) is 0 Å². The topological polar surface area (TPSA) is 26.0 Å². The molecule has 1 aromatic carbocycles. The van der Waals surface area contributed by atoms with Crippen molar-refractivity contribution in [2.75, 3.05) is 11.5 Å². The van der Waals surface area contributed by atoms with Crippen molar-refractivity contribution in [3.63, 3.8) is 0 Å². The van der Waals surface area contributed by atoms with Crippen molar-refractivity contribution in [1.29, 1.82) is 0 Å². The summed E-state index contributed by atoms with van der Waals surface area (Å²) in [5, 5.41) is 0. The minimum absolute atomic E-state index is 0.114. The highest BCUT2D eigenvalue weighted by molar-refractivity contribution is 7.80. The molecule has 2 N–H and O–H groups in total. The molecule has 0 saturated carbocycles. The second-order valence-corrected chi connectivity index (χ2v) is 3.29. The maximum absolute atomic E-state index is 12.3. The van der Waals surface area contributed by atoms with E-state index in [1.54, 1.807) is 12.2 Å². The Bertz CT molecular complexity index is 371. The van der Waals surface area contributed by atoms with Crippen LogP contribution in [-0.2, 0) is 6.18 Å². The van der Waals surface area contributed by atoms with Gasteiger partial charge >= 0.3 is 6.18 Å². The number of nitrogen functional groups attached to an aromatic ring is 1. The molecule has 82 valence electrons. The molecular weight excluding hydrogens is 223 g/mol. The number of nitrogens with two attached hydrogens (primary N) is 1. The highest BCUT2D eigenvalue weighted by Gasteiger charge is 2.30. The third-order valence-corrected chi connectivity index (χ3v) is 2.03. The largest absolute Gasteiger partial charge is 0.416 e. The first-order valence-electron chi connectivity index (χ1n) is 4.19. The number of alkyl halides is 3. The van der Waals surface area contributed by atoms with Crippen LogP contribution in [0, 0.1) is 0 Å². The van der Waals surface area contributed by atoms with E-state index in [1.165, 1.54) is 6.07 Å². The van der Waals surface area contributed by atoms with Crippen molar-refractivity contribution < 1.29 is 13.2 Å². The Morgan fingerprint density at radius 3 is 2.47 bits per heavy atom. The molecule has 0 fully saturated rings. The molecule has 0 aliphatic carbocycles. The minimum Gasteiger partial charge on any atom is -0.398 e. The Morgan fingerprint density at radius 2 is 2.00 bits per heavy atom. The van der Waals surface area contributed by atoms with Crippen LogP contribution in [0.1, 0.15) is 11.1 Å². The van der Waals surface area contributed by atoms with Gasteiger partial charge in [0.05, 0.1) is 5.56 Å². The fraction of sp³-hybridized carbons (Fsp3) is 0.200. The lowest BCUT2D eigenvalue weighted by Crippen LogP contribution is -2.05. The second-order valence-electron chi connectivity index (χ2n) is 2.93. The zero-order valence-corrected chi connectivity index (χ0v) is 8.65. The number of rotatable bonds is 2. The molecule has 0 saturated heterocycles. The first-order valence-corrected chi connectivity index (χ1v) is 4.82. The maximum Gasteiger partial charge on any atom is 0.416 e. The maximum atomic E-state index is 12.3. The highest BCUT2D eigenvalue weighted by atomic mass is 32.1. The first kappa shape index (κ1) is 12.0. The summed E-state index contributed by atoms with van der Waals surface area (Å²) in [6.45, 7) is 0. The molecule has 1 nitrogen and oxygen atoms in total. The summed E-state index contributed by atoms with van der Waals surface area (Å²) in [5.41, 5.74) is 5.43. The Kier molecular flexibility index (Phi) is 3.68. The van der Waals surface area contributed by atoms with E-state index in [9.17, 15) is 13.2 Å². The Labute approximate surface area is 91.2 Å². The van der Waals surface area contributed by atoms with Gasteiger partial charge in [-0.3, -0.25) is 0 Å². The molecule has 1 rings (SSSR count). The molecule has 0 radical (unpaired) electrons. The van der Waals surface area contributed by atoms with E-state index in [-0.39, 0.29) is 5.69 Å². The minimum atomic E-state index is -4.35. The van der Waals surface area contributed by atoms with Crippen LogP contribution in [0.2, 0.25) is 0 Å². The molecule has 0 amide bonds. The number of halogens is 3. The van der Waals surface area contributed by atoms with E-state index >= 15 is 0 Å². The number of benzene rings is 1. The molecule has 0 unspecified atom stereocenters. The molecule has 5 heteroatoms. The predicted molar refractivity (Wildman–Crippen MR) is 58.7 cm³/mol. The van der Waals surface area contributed by atoms with Gasteiger partial charge in [-0.25, -0.2) is 0 Å². The molecule has 0 aliphatic heterocycles. The van der Waals surface area contributed by atoms with E-state index in [1.807, 2.05) is 0 Å². The Hall–Kier alpha value is -1.10. The molecule has 0 aliphatic rings. The van der Waals surface area contributed by atoms with Gasteiger partial charge in [-0.15, -0.1) is 0 Å². The van der Waals surface area contributed by atoms with Crippen LogP contribution in [0.25, 0.3) is 6.08 Å². The summed E-state index contributed by atoms with van der Waals surface area (Å²) in [7, 11) is 0. The lowest BCUT2D eigenvalue weighted by molar-refractivity contribution is -0.137. The van der Waals surface area contributed by atoms with Crippen molar-refractivity contribution >= 4 is 24.4 Å². The molecule has 0 atom stereocenters. The van der Waals surface area contributed by atoms with Gasteiger partial charge in [-0.05, 0) is 17.7 Å². The van der Waals surface area contributed by atoms with Crippen LogP contribution in [0.5, 0.6) is 0 Å². The molecule has 0 heterocycles. The monoisotopic (exact) mass is 233 g/mol. The third-order valence-electron chi connectivity index (χ3n) is 1.82. The molecule has 0 bridgehead atoms. The van der Waals surface area contributed by atoms with Crippen LogP contribution < -0.4 is 5.73 Å². The number of hydrogen-bond acceptors (Lipinski definition) is 2. The summed E-state index contributed by atoms with van der Waals surface area (Å²) < 4.78 is 36.8. The van der Waals surface area contributed by atoms with Crippen molar-refractivity contribution in [3.8, 4) is 0 Å². The van der Waals surface area contributed by atoms with Gasteiger partial charge in [-0.1, -0.05) is 18.2 Å². The number of hydrogen-bond donors (Lipinski definition) is 2. The predicted octanol–water partition coefficient (Wildman–Crippen LogP) is 3.23. The fourth-order valence-electron chi connectivity index (χ4n) is 1.08. The first-order chi connectivity index (χ1) is 6.95. The second kappa shape index (κ2) is 4.61. The van der Waals surface area contributed by atoms with Gasteiger partial charge in [0.2, 0.25) is 0 Å². The summed E-state index contributed by atoms with van der Waals surface area (Å²) in [6, 6.07) is 3.28. The Balaban J connectivity index is 3.04. The quantitative estimate of drug-likeness (QED) is 0.595. The Morgan fingerprint density at radius 1 is 1.33 bits per heavy atom. The van der Waals surface area contributed by atoms with Crippen LogP contribution >= 0.6 is 12.6 Å². The summed E-state index contributed by atoms with van der Waals surface area (Å²) in [6.07, 6.45) is -0.996. The van der Waals surface area contributed by atoms with Gasteiger partial charge in [0.15, 0.2) is 0 Å². The summed E-state index contributed by atoms with van der Waals surface area (Å²) in [5.74, 6) is 0.514. The summed E-state index contributed by atoms with van der Waals surface area (Å²) in [4.78, 5) is 0. The van der Waals surface area contributed by atoms with Gasteiger partial charge in [-0.2, -0.15) is 25.8 Å². The summed E-state index contributed by atoms with van der Waals surface area (Å²) >= 11 is 3.94. The van der Waals surface area contributed by atoms with Crippen LogP contribution in [0.15, 0.2) is 24.3 Å². The third kappa shape index (κ3) is 3.20. The molecule has 15 heavy (non-hydrogen) atoms. The lowest BCUT2D eigenvalue weighted by Gasteiger charge is -2.08. The number of thiol groups is 1. The zero-order valence-electron chi connectivity index (χ0n) is 7.75. The van der Waals surface area contributed by atoms with Gasteiger partial charge in [0.1, 0.15) is 0 Å². The molecule has 0 spiro atoms. The molecule has 1 aromatic rings. The van der Waals surface area contributed by atoms with Gasteiger partial charge in [0, 0.05) is 11.4 Å². The lowest BCUT2D eigenvalue weighted by atomic mass is 10.1. The van der Waals surface area contributed by atoms with Gasteiger partial charge < -0.3 is 5.73 Å². The van der Waals surface area contributed by atoms with E-state index in [4.69, 9.17) is 5.73 Å². The van der Waals surface area contributed by atoms with Crippen molar-refractivity contribution in [3.05, 3.63) is 35.4 Å². The fourth-order valence-corrected chi connectivity index (χ4v) is 1.19. The van der Waals surface area contributed by atoms with Crippen LogP contribution in [0.4, 0.5) is 18.9 Å². The van der Waals surface area contributed by atoms with Gasteiger partial charge in [0.25, 0.3) is 0 Å². The smallest absolute Gasteiger partial charge is 0.398 e. The van der Waals surface area contributed by atoms with E-state index < -0.39 is 11.7 Å². The van der Waals surface area contributed by atoms with E-state index in [0.717, 1.165) is 12.1 Å². The van der Waals surface area contributed by atoms with Crippen molar-refractivity contribution in [2.45, 2.75) is 6.18 Å². The van der Waals surface area contributed by atoms with Crippen molar-refractivity contribution in [2.24, 2.45) is 0 Å². The average Bonchev–Trinajstić information content (AvgIpc) is 2.14. The standard InChI is InChI=1S/C10H10F3NS/c11-10(12,13)8-4-3-7(2-1-5-15)9(14)6-8/h1-4,6,15H,5,14H2. The van der Waals surface area contributed by atoms with E-state index in [2.05, 4.69) is 12.6 Å². The van der Waals surface area contributed by atoms with Crippen LogP contribution in [-0.4, -0.2) is 5.75 Å². The average molecular weight is 233 g/mol. The van der Waals surface area contributed by atoms with Crippen LogP contribution in [0.3, 0.4) is 0 Å².